The van der Waals surface area contributed by atoms with E-state index in [0.29, 0.717) is 10.6 Å². The van der Waals surface area contributed by atoms with Gasteiger partial charge in [0.15, 0.2) is 5.78 Å². The van der Waals surface area contributed by atoms with Gasteiger partial charge in [-0.05, 0) is 32.0 Å². The first kappa shape index (κ1) is 9.28. The fourth-order valence-electron chi connectivity index (χ4n) is 1.48. The van der Waals surface area contributed by atoms with E-state index in [2.05, 4.69) is 0 Å². The third-order valence-electron chi connectivity index (χ3n) is 2.14. The van der Waals surface area contributed by atoms with Gasteiger partial charge >= 0.3 is 0 Å². The zero-order chi connectivity index (χ0) is 10.3. The smallest absolute Gasteiger partial charge is 0.161 e. The van der Waals surface area contributed by atoms with Crippen LogP contribution in [-0.2, 0) is 0 Å². The molecule has 72 valence electrons. The molecule has 0 saturated heterocycles. The van der Waals surface area contributed by atoms with Crippen molar-refractivity contribution in [2.45, 2.75) is 13.8 Å². The van der Waals surface area contributed by atoms with E-state index in [0.717, 1.165) is 16.7 Å². The molecule has 0 aliphatic heterocycles. The monoisotopic (exact) mass is 208 g/mol. The van der Waals surface area contributed by atoms with Gasteiger partial charge in [-0.1, -0.05) is 11.6 Å². The highest BCUT2D eigenvalue weighted by Gasteiger charge is 2.11. The van der Waals surface area contributed by atoms with Gasteiger partial charge in [0.2, 0.25) is 0 Å². The second-order valence-corrected chi connectivity index (χ2v) is 3.63. The molecule has 0 spiro atoms. The molecule has 1 aromatic heterocycles. The fraction of sp³-hybridized carbons (Fsp3) is 0.182. The average Bonchev–Trinajstić information content (AvgIpc) is 2.46. The van der Waals surface area contributed by atoms with Crippen LogP contribution in [0.15, 0.2) is 22.6 Å². The summed E-state index contributed by atoms with van der Waals surface area (Å²) < 4.78 is 5.39. The third-order valence-corrected chi connectivity index (χ3v) is 2.54. The number of hydrogen-bond acceptors (Lipinski definition) is 2. The van der Waals surface area contributed by atoms with Gasteiger partial charge < -0.3 is 4.42 Å². The van der Waals surface area contributed by atoms with E-state index in [1.165, 1.54) is 6.92 Å². The maximum Gasteiger partial charge on any atom is 0.161 e. The minimum atomic E-state index is -0.0317. The van der Waals surface area contributed by atoms with Crippen LogP contribution in [0.3, 0.4) is 0 Å². The fourth-order valence-corrected chi connectivity index (χ4v) is 1.82. The minimum absolute atomic E-state index is 0.0317. The van der Waals surface area contributed by atoms with Crippen molar-refractivity contribution in [2.75, 3.05) is 0 Å². The number of ketones is 1. The van der Waals surface area contributed by atoms with Crippen molar-refractivity contribution >= 4 is 28.4 Å². The summed E-state index contributed by atoms with van der Waals surface area (Å²) in [6, 6.07) is 5.30. The van der Waals surface area contributed by atoms with Crippen molar-refractivity contribution in [3.8, 4) is 0 Å². The lowest BCUT2D eigenvalue weighted by molar-refractivity contribution is 0.101. The Bertz CT molecular complexity index is 511. The van der Waals surface area contributed by atoms with Gasteiger partial charge in [-0.25, -0.2) is 0 Å². The summed E-state index contributed by atoms with van der Waals surface area (Å²) >= 11 is 6.07. The largest absolute Gasteiger partial charge is 0.461 e. The Hall–Kier alpha value is -1.28. The summed E-state index contributed by atoms with van der Waals surface area (Å²) in [6.07, 6.45) is 0. The topological polar surface area (TPSA) is 30.2 Å². The molecule has 0 N–H and O–H groups in total. The van der Waals surface area contributed by atoms with E-state index >= 15 is 0 Å². The van der Waals surface area contributed by atoms with Crippen LogP contribution in [-0.4, -0.2) is 5.78 Å². The Morgan fingerprint density at radius 2 is 2.14 bits per heavy atom. The van der Waals surface area contributed by atoms with E-state index in [1.807, 2.05) is 13.0 Å². The zero-order valence-electron chi connectivity index (χ0n) is 7.93. The lowest BCUT2D eigenvalue weighted by atomic mass is 10.1. The number of fused-ring (bicyclic) bond motifs is 1. The summed E-state index contributed by atoms with van der Waals surface area (Å²) in [5.74, 6) is 0.762. The molecule has 0 aliphatic rings. The number of benzene rings is 1. The number of carbonyl (C=O) groups excluding carboxylic acids is 1. The molecule has 2 nitrogen and oxygen atoms in total. The van der Waals surface area contributed by atoms with Crippen molar-refractivity contribution in [1.82, 2.24) is 0 Å². The Morgan fingerprint density at radius 1 is 1.43 bits per heavy atom. The molecule has 0 unspecified atom stereocenters. The molecule has 0 fully saturated rings. The van der Waals surface area contributed by atoms with Gasteiger partial charge in [-0.2, -0.15) is 0 Å². The molecule has 2 aromatic rings. The number of furan rings is 1. The molecule has 0 saturated carbocycles. The lowest BCUT2D eigenvalue weighted by Crippen LogP contribution is -1.92. The molecule has 2 rings (SSSR count). The van der Waals surface area contributed by atoms with Crippen LogP contribution in [0.4, 0.5) is 0 Å². The predicted molar refractivity (Wildman–Crippen MR) is 56.0 cm³/mol. The van der Waals surface area contributed by atoms with Crippen molar-refractivity contribution in [3.63, 3.8) is 0 Å². The number of hydrogen-bond donors (Lipinski definition) is 0. The third kappa shape index (κ3) is 1.32. The quantitative estimate of drug-likeness (QED) is 0.671. The van der Waals surface area contributed by atoms with Crippen molar-refractivity contribution in [1.29, 1.82) is 0 Å². The molecule has 0 aliphatic carbocycles. The Morgan fingerprint density at radius 3 is 2.79 bits per heavy atom. The second-order valence-electron chi connectivity index (χ2n) is 3.25. The van der Waals surface area contributed by atoms with E-state index < -0.39 is 0 Å². The number of rotatable bonds is 1. The molecule has 1 heterocycles. The summed E-state index contributed by atoms with van der Waals surface area (Å²) in [7, 11) is 0. The normalized spacial score (nSPS) is 10.8. The standard InChI is InChI=1S/C11H9ClO2/c1-6-5-9-10(14-6)4-3-8(7(2)13)11(9)12/h3-5H,1-2H3. The molecule has 0 atom stereocenters. The minimum Gasteiger partial charge on any atom is -0.461 e. The Balaban J connectivity index is 2.80. The van der Waals surface area contributed by atoms with Crippen LogP contribution >= 0.6 is 11.6 Å². The van der Waals surface area contributed by atoms with Crippen LogP contribution in [0.2, 0.25) is 5.02 Å². The van der Waals surface area contributed by atoms with E-state index in [9.17, 15) is 4.79 Å². The van der Waals surface area contributed by atoms with Crippen LogP contribution in [0.25, 0.3) is 11.0 Å². The van der Waals surface area contributed by atoms with Crippen LogP contribution in [0, 0.1) is 6.92 Å². The SMILES string of the molecule is CC(=O)c1ccc2oc(C)cc2c1Cl. The van der Waals surface area contributed by atoms with Crippen LogP contribution < -0.4 is 0 Å². The van der Waals surface area contributed by atoms with Crippen LogP contribution in [0.5, 0.6) is 0 Å². The van der Waals surface area contributed by atoms with Gasteiger partial charge in [-0.15, -0.1) is 0 Å². The number of aryl methyl sites for hydroxylation is 1. The summed E-state index contributed by atoms with van der Waals surface area (Å²) in [6.45, 7) is 3.35. The highest BCUT2D eigenvalue weighted by atomic mass is 35.5. The van der Waals surface area contributed by atoms with E-state index in [4.69, 9.17) is 16.0 Å². The van der Waals surface area contributed by atoms with Gasteiger partial charge in [0.05, 0.1) is 5.02 Å². The maximum absolute atomic E-state index is 11.2. The number of Topliss-reactive ketones (excluding diaryl/α,β-unsaturated/α-hetero) is 1. The molecule has 1 aromatic carbocycles. The molecule has 0 radical (unpaired) electrons. The zero-order valence-corrected chi connectivity index (χ0v) is 8.68. The second kappa shape index (κ2) is 3.14. The average molecular weight is 209 g/mol. The van der Waals surface area contributed by atoms with E-state index in [1.54, 1.807) is 12.1 Å². The molecule has 14 heavy (non-hydrogen) atoms. The first-order valence-electron chi connectivity index (χ1n) is 4.29. The Labute approximate surface area is 86.5 Å². The van der Waals surface area contributed by atoms with Gasteiger partial charge in [0.25, 0.3) is 0 Å². The number of carbonyl (C=O) groups is 1. The summed E-state index contributed by atoms with van der Waals surface area (Å²) in [5, 5.41) is 1.28. The number of halogens is 1. The first-order chi connectivity index (χ1) is 6.59. The predicted octanol–water partition coefficient (Wildman–Crippen LogP) is 3.60. The van der Waals surface area contributed by atoms with Crippen molar-refractivity contribution < 1.29 is 9.21 Å². The van der Waals surface area contributed by atoms with Crippen molar-refractivity contribution in [2.24, 2.45) is 0 Å². The molecular weight excluding hydrogens is 200 g/mol. The van der Waals surface area contributed by atoms with Gasteiger partial charge in [-0.3, -0.25) is 4.79 Å². The maximum atomic E-state index is 11.2. The highest BCUT2D eigenvalue weighted by Crippen LogP contribution is 2.29. The van der Waals surface area contributed by atoms with E-state index in [-0.39, 0.29) is 5.78 Å². The Kier molecular flexibility index (Phi) is 2.08. The van der Waals surface area contributed by atoms with Crippen LogP contribution in [0.1, 0.15) is 23.0 Å². The molecular formula is C11H9ClO2. The van der Waals surface area contributed by atoms with Gasteiger partial charge in [0.1, 0.15) is 11.3 Å². The van der Waals surface area contributed by atoms with Crippen molar-refractivity contribution in [3.05, 3.63) is 34.5 Å². The summed E-state index contributed by atoms with van der Waals surface area (Å²) in [5.41, 5.74) is 1.26. The molecule has 0 bridgehead atoms. The first-order valence-corrected chi connectivity index (χ1v) is 4.67. The molecule has 3 heteroatoms. The highest BCUT2D eigenvalue weighted by molar-refractivity contribution is 6.38. The molecule has 0 amide bonds. The summed E-state index contributed by atoms with van der Waals surface area (Å²) in [4.78, 5) is 11.2. The van der Waals surface area contributed by atoms with Gasteiger partial charge in [0, 0.05) is 10.9 Å². The lowest BCUT2D eigenvalue weighted by Gasteiger charge is -1.99.